The largest absolute Gasteiger partial charge is 0.497 e. The van der Waals surface area contributed by atoms with Crippen LogP contribution < -0.4 is 4.74 Å². The molecule has 0 bridgehead atoms. The van der Waals surface area contributed by atoms with Crippen LogP contribution in [0, 0.1) is 0 Å². The van der Waals surface area contributed by atoms with Gasteiger partial charge in [0.25, 0.3) is 0 Å². The van der Waals surface area contributed by atoms with Crippen molar-refractivity contribution in [2.24, 2.45) is 0 Å². The number of rotatable bonds is 4. The standard InChI is InChI=1S/C12H16O2/c1-4-9(2)12-7-11(14-3)6-5-10(12)8-13/h5-9H,4H2,1-3H3. The molecule has 1 atom stereocenters. The third-order valence-corrected chi connectivity index (χ3v) is 2.56. The second kappa shape index (κ2) is 4.80. The predicted molar refractivity (Wildman–Crippen MR) is 57.1 cm³/mol. The monoisotopic (exact) mass is 192 g/mol. The van der Waals surface area contributed by atoms with Crippen LogP contribution in [-0.4, -0.2) is 13.4 Å². The van der Waals surface area contributed by atoms with Crippen LogP contribution in [0.3, 0.4) is 0 Å². The Morgan fingerprint density at radius 2 is 2.21 bits per heavy atom. The molecule has 2 heteroatoms. The highest BCUT2D eigenvalue weighted by Gasteiger charge is 2.09. The first-order valence-corrected chi connectivity index (χ1v) is 4.86. The highest BCUT2D eigenvalue weighted by atomic mass is 16.5. The Labute approximate surface area is 84.9 Å². The molecule has 0 saturated heterocycles. The summed E-state index contributed by atoms with van der Waals surface area (Å²) in [6.45, 7) is 4.22. The molecule has 0 spiro atoms. The number of aldehydes is 1. The average molecular weight is 192 g/mol. The van der Waals surface area contributed by atoms with Crippen molar-refractivity contribution in [3.63, 3.8) is 0 Å². The Morgan fingerprint density at radius 3 is 2.71 bits per heavy atom. The molecular formula is C12H16O2. The molecule has 1 aromatic rings. The van der Waals surface area contributed by atoms with Gasteiger partial charge in [-0.15, -0.1) is 0 Å². The van der Waals surface area contributed by atoms with Crippen molar-refractivity contribution in [3.8, 4) is 5.75 Å². The molecular weight excluding hydrogens is 176 g/mol. The van der Waals surface area contributed by atoms with E-state index in [2.05, 4.69) is 13.8 Å². The molecule has 0 radical (unpaired) electrons. The molecule has 0 amide bonds. The number of carbonyl (C=O) groups excluding carboxylic acids is 1. The van der Waals surface area contributed by atoms with Crippen LogP contribution in [0.5, 0.6) is 5.75 Å². The number of carbonyl (C=O) groups is 1. The minimum atomic E-state index is 0.394. The van der Waals surface area contributed by atoms with Gasteiger partial charge in [-0.2, -0.15) is 0 Å². The van der Waals surface area contributed by atoms with E-state index < -0.39 is 0 Å². The molecule has 14 heavy (non-hydrogen) atoms. The maximum absolute atomic E-state index is 10.8. The normalized spacial score (nSPS) is 12.2. The SMILES string of the molecule is CCC(C)c1cc(OC)ccc1C=O. The lowest BCUT2D eigenvalue weighted by Crippen LogP contribution is -1.98. The summed E-state index contributed by atoms with van der Waals surface area (Å²) in [5.74, 6) is 1.20. The highest BCUT2D eigenvalue weighted by molar-refractivity contribution is 5.78. The molecule has 2 nitrogen and oxygen atoms in total. The van der Waals surface area contributed by atoms with Crippen LogP contribution in [0.15, 0.2) is 18.2 Å². The lowest BCUT2D eigenvalue weighted by atomic mass is 9.94. The van der Waals surface area contributed by atoms with Gasteiger partial charge in [0.05, 0.1) is 7.11 Å². The van der Waals surface area contributed by atoms with Gasteiger partial charge >= 0.3 is 0 Å². The van der Waals surface area contributed by atoms with Crippen molar-refractivity contribution >= 4 is 6.29 Å². The molecule has 0 aromatic heterocycles. The first-order valence-electron chi connectivity index (χ1n) is 4.86. The predicted octanol–water partition coefficient (Wildman–Crippen LogP) is 3.02. The topological polar surface area (TPSA) is 26.3 Å². The number of methoxy groups -OCH3 is 1. The molecule has 0 aliphatic heterocycles. The average Bonchev–Trinajstić information content (AvgIpc) is 2.27. The number of ether oxygens (including phenoxy) is 1. The Bertz CT molecular complexity index is 318. The van der Waals surface area contributed by atoms with Crippen LogP contribution in [0.1, 0.15) is 42.1 Å². The van der Waals surface area contributed by atoms with Crippen molar-refractivity contribution in [3.05, 3.63) is 29.3 Å². The maximum Gasteiger partial charge on any atom is 0.150 e. The van der Waals surface area contributed by atoms with E-state index in [-0.39, 0.29) is 0 Å². The third kappa shape index (κ3) is 2.13. The molecule has 0 N–H and O–H groups in total. The smallest absolute Gasteiger partial charge is 0.150 e. The molecule has 1 rings (SSSR count). The lowest BCUT2D eigenvalue weighted by Gasteiger charge is -2.12. The summed E-state index contributed by atoms with van der Waals surface area (Å²) in [6.07, 6.45) is 1.93. The fourth-order valence-corrected chi connectivity index (χ4v) is 1.43. The summed E-state index contributed by atoms with van der Waals surface area (Å²) in [7, 11) is 1.64. The van der Waals surface area contributed by atoms with Crippen LogP contribution >= 0.6 is 0 Å². The fourth-order valence-electron chi connectivity index (χ4n) is 1.43. The van der Waals surface area contributed by atoms with E-state index in [0.29, 0.717) is 5.92 Å². The second-order valence-electron chi connectivity index (χ2n) is 3.42. The molecule has 1 aromatic carbocycles. The van der Waals surface area contributed by atoms with E-state index in [1.165, 1.54) is 0 Å². The summed E-state index contributed by atoms with van der Waals surface area (Å²) in [5, 5.41) is 0. The maximum atomic E-state index is 10.8. The number of hydrogen-bond donors (Lipinski definition) is 0. The van der Waals surface area contributed by atoms with Gasteiger partial charge in [0.2, 0.25) is 0 Å². The minimum Gasteiger partial charge on any atom is -0.497 e. The Morgan fingerprint density at radius 1 is 1.50 bits per heavy atom. The van der Waals surface area contributed by atoms with Crippen LogP contribution in [0.25, 0.3) is 0 Å². The van der Waals surface area contributed by atoms with E-state index in [0.717, 1.165) is 29.6 Å². The van der Waals surface area contributed by atoms with Crippen LogP contribution in [0.2, 0.25) is 0 Å². The molecule has 0 aliphatic rings. The van der Waals surface area contributed by atoms with Crippen LogP contribution in [0.4, 0.5) is 0 Å². The molecule has 1 unspecified atom stereocenters. The van der Waals surface area contributed by atoms with E-state index >= 15 is 0 Å². The highest BCUT2D eigenvalue weighted by Crippen LogP contribution is 2.25. The summed E-state index contributed by atoms with van der Waals surface area (Å²) < 4.78 is 5.13. The van der Waals surface area contributed by atoms with Crippen molar-refractivity contribution in [2.75, 3.05) is 7.11 Å². The first-order chi connectivity index (χ1) is 6.72. The van der Waals surface area contributed by atoms with E-state index in [4.69, 9.17) is 4.74 Å². The molecule has 0 saturated carbocycles. The summed E-state index contributed by atoms with van der Waals surface area (Å²) in [5.41, 5.74) is 1.84. The molecule has 0 heterocycles. The van der Waals surface area contributed by atoms with Gasteiger partial charge in [0.1, 0.15) is 12.0 Å². The van der Waals surface area contributed by atoms with E-state index in [1.807, 2.05) is 18.2 Å². The van der Waals surface area contributed by atoms with E-state index in [9.17, 15) is 4.79 Å². The minimum absolute atomic E-state index is 0.394. The number of hydrogen-bond acceptors (Lipinski definition) is 2. The van der Waals surface area contributed by atoms with Gasteiger partial charge in [-0.05, 0) is 36.1 Å². The lowest BCUT2D eigenvalue weighted by molar-refractivity contribution is 0.112. The Kier molecular flexibility index (Phi) is 3.69. The van der Waals surface area contributed by atoms with Crippen molar-refractivity contribution in [1.29, 1.82) is 0 Å². The van der Waals surface area contributed by atoms with Gasteiger partial charge < -0.3 is 4.74 Å². The van der Waals surface area contributed by atoms with Gasteiger partial charge in [-0.25, -0.2) is 0 Å². The number of benzene rings is 1. The Balaban J connectivity index is 3.14. The van der Waals surface area contributed by atoms with Gasteiger partial charge in [0, 0.05) is 5.56 Å². The summed E-state index contributed by atoms with van der Waals surface area (Å²) >= 11 is 0. The molecule has 76 valence electrons. The summed E-state index contributed by atoms with van der Waals surface area (Å²) in [4.78, 5) is 10.8. The van der Waals surface area contributed by atoms with E-state index in [1.54, 1.807) is 7.11 Å². The van der Waals surface area contributed by atoms with Gasteiger partial charge in [-0.3, -0.25) is 4.79 Å². The Hall–Kier alpha value is -1.31. The van der Waals surface area contributed by atoms with Crippen molar-refractivity contribution < 1.29 is 9.53 Å². The van der Waals surface area contributed by atoms with Gasteiger partial charge in [-0.1, -0.05) is 13.8 Å². The second-order valence-corrected chi connectivity index (χ2v) is 3.42. The quantitative estimate of drug-likeness (QED) is 0.685. The zero-order valence-corrected chi connectivity index (χ0v) is 8.91. The third-order valence-electron chi connectivity index (χ3n) is 2.56. The zero-order valence-electron chi connectivity index (χ0n) is 8.91. The molecule has 0 aliphatic carbocycles. The van der Waals surface area contributed by atoms with Crippen LogP contribution in [-0.2, 0) is 0 Å². The fraction of sp³-hybridized carbons (Fsp3) is 0.417. The first kappa shape index (κ1) is 10.8. The molecule has 0 fully saturated rings. The zero-order chi connectivity index (χ0) is 10.6. The van der Waals surface area contributed by atoms with Gasteiger partial charge in [0.15, 0.2) is 0 Å². The summed E-state index contributed by atoms with van der Waals surface area (Å²) in [6, 6.07) is 5.57. The van der Waals surface area contributed by atoms with Crippen molar-refractivity contribution in [1.82, 2.24) is 0 Å². The van der Waals surface area contributed by atoms with Crippen molar-refractivity contribution in [2.45, 2.75) is 26.2 Å².